The number of imidazole rings is 1. The summed E-state index contributed by atoms with van der Waals surface area (Å²) in [5.74, 6) is 1.20. The molecule has 1 aliphatic rings. The van der Waals surface area contributed by atoms with E-state index in [-0.39, 0.29) is 0 Å². The van der Waals surface area contributed by atoms with Crippen molar-refractivity contribution in [2.45, 2.75) is 19.9 Å². The second kappa shape index (κ2) is 5.41. The van der Waals surface area contributed by atoms with Gasteiger partial charge in [-0.2, -0.15) is 0 Å². The van der Waals surface area contributed by atoms with Crippen LogP contribution in [0.1, 0.15) is 27.4 Å². The summed E-state index contributed by atoms with van der Waals surface area (Å²) in [6, 6.07) is 3.79. The summed E-state index contributed by atoms with van der Waals surface area (Å²) >= 11 is 6.17. The number of aryl methyl sites for hydroxylation is 1. The molecule has 1 aromatic heterocycles. The van der Waals surface area contributed by atoms with Crippen LogP contribution >= 0.6 is 11.6 Å². The lowest BCUT2D eigenvalue weighted by molar-refractivity contribution is 0.0588. The highest BCUT2D eigenvalue weighted by Crippen LogP contribution is 2.33. The van der Waals surface area contributed by atoms with E-state index in [1.54, 1.807) is 4.57 Å². The molecule has 0 aliphatic carbocycles. The summed E-state index contributed by atoms with van der Waals surface area (Å²) in [5, 5.41) is 0.673. The van der Waals surface area contributed by atoms with Gasteiger partial charge in [0, 0.05) is 17.0 Å². The molecule has 0 unspecified atom stereocenters. The summed E-state index contributed by atoms with van der Waals surface area (Å²) in [7, 11) is 1.36. The Bertz CT molecular complexity index is 709. The smallest absolute Gasteiger partial charge is 0.356 e. The van der Waals surface area contributed by atoms with E-state index in [2.05, 4.69) is 4.98 Å². The standard InChI is InChI=1S/C15H15ClN2O3/c1-9-17-7-13(15(19)20-2)18(9)8-11-6-12(16)5-10-3-4-21-14(10)11/h5-7H,3-4,8H2,1-2H3. The molecule has 0 bridgehead atoms. The van der Waals surface area contributed by atoms with Crippen LogP contribution < -0.4 is 4.74 Å². The Morgan fingerprint density at radius 1 is 1.52 bits per heavy atom. The molecule has 0 N–H and O–H groups in total. The molecule has 0 saturated heterocycles. The van der Waals surface area contributed by atoms with Gasteiger partial charge in [-0.1, -0.05) is 11.6 Å². The monoisotopic (exact) mass is 306 g/mol. The predicted octanol–water partition coefficient (Wildman–Crippen LogP) is 2.61. The number of aromatic nitrogens is 2. The average Bonchev–Trinajstić information content (AvgIpc) is 3.06. The molecule has 1 aromatic carbocycles. The first-order valence-corrected chi connectivity index (χ1v) is 7.02. The average molecular weight is 307 g/mol. The number of ether oxygens (including phenoxy) is 2. The predicted molar refractivity (Wildman–Crippen MR) is 78.1 cm³/mol. The number of fused-ring (bicyclic) bond motifs is 1. The van der Waals surface area contributed by atoms with Crippen LogP contribution in [0, 0.1) is 6.92 Å². The van der Waals surface area contributed by atoms with Gasteiger partial charge in [0.15, 0.2) is 0 Å². The van der Waals surface area contributed by atoms with Crippen LogP contribution in [0.3, 0.4) is 0 Å². The zero-order valence-corrected chi connectivity index (χ0v) is 12.6. The number of carbonyl (C=O) groups is 1. The third-order valence-corrected chi connectivity index (χ3v) is 3.82. The molecule has 2 aromatic rings. The number of esters is 1. The number of methoxy groups -OCH3 is 1. The Hall–Kier alpha value is -2.01. The highest BCUT2D eigenvalue weighted by Gasteiger charge is 2.21. The molecule has 1 aliphatic heterocycles. The van der Waals surface area contributed by atoms with Gasteiger partial charge in [-0.3, -0.25) is 0 Å². The van der Waals surface area contributed by atoms with E-state index in [4.69, 9.17) is 21.1 Å². The highest BCUT2D eigenvalue weighted by molar-refractivity contribution is 6.30. The quantitative estimate of drug-likeness (QED) is 0.818. The zero-order valence-electron chi connectivity index (χ0n) is 11.9. The lowest BCUT2D eigenvalue weighted by atomic mass is 10.1. The number of nitrogens with zero attached hydrogens (tertiary/aromatic N) is 2. The molecule has 0 spiro atoms. The molecule has 110 valence electrons. The van der Waals surface area contributed by atoms with E-state index in [1.807, 2.05) is 19.1 Å². The van der Waals surface area contributed by atoms with Gasteiger partial charge in [-0.25, -0.2) is 9.78 Å². The fourth-order valence-corrected chi connectivity index (χ4v) is 2.83. The van der Waals surface area contributed by atoms with Crippen LogP contribution in [-0.2, 0) is 17.7 Å². The first-order chi connectivity index (χ1) is 10.1. The molecule has 2 heterocycles. The van der Waals surface area contributed by atoms with Gasteiger partial charge >= 0.3 is 5.97 Å². The second-order valence-electron chi connectivity index (χ2n) is 4.92. The molecule has 3 rings (SSSR count). The van der Waals surface area contributed by atoms with Crippen LogP contribution in [0.15, 0.2) is 18.3 Å². The van der Waals surface area contributed by atoms with Crippen molar-refractivity contribution in [1.29, 1.82) is 0 Å². The van der Waals surface area contributed by atoms with Gasteiger partial charge in [0.1, 0.15) is 17.3 Å². The molecule has 0 fully saturated rings. The fourth-order valence-electron chi connectivity index (χ4n) is 2.57. The van der Waals surface area contributed by atoms with Crippen molar-refractivity contribution in [2.75, 3.05) is 13.7 Å². The Morgan fingerprint density at radius 3 is 3.10 bits per heavy atom. The summed E-state index contributed by atoms with van der Waals surface area (Å²) in [4.78, 5) is 16.0. The number of benzene rings is 1. The molecule has 0 amide bonds. The summed E-state index contributed by atoms with van der Waals surface area (Å²) in [6.45, 7) is 2.98. The molecule has 0 radical (unpaired) electrons. The second-order valence-corrected chi connectivity index (χ2v) is 5.36. The van der Waals surface area contributed by atoms with Gasteiger partial charge in [-0.15, -0.1) is 0 Å². The van der Waals surface area contributed by atoms with E-state index < -0.39 is 5.97 Å². The first-order valence-electron chi connectivity index (χ1n) is 6.64. The lowest BCUT2D eigenvalue weighted by Gasteiger charge is -2.13. The first kappa shape index (κ1) is 13.9. The summed E-state index contributed by atoms with van der Waals surface area (Å²) in [6.07, 6.45) is 2.38. The minimum absolute atomic E-state index is 0.407. The molecule has 5 nitrogen and oxygen atoms in total. The van der Waals surface area contributed by atoms with Crippen molar-refractivity contribution in [3.63, 3.8) is 0 Å². The van der Waals surface area contributed by atoms with E-state index in [9.17, 15) is 4.79 Å². The van der Waals surface area contributed by atoms with Crippen molar-refractivity contribution in [1.82, 2.24) is 9.55 Å². The Kier molecular flexibility index (Phi) is 3.59. The van der Waals surface area contributed by atoms with E-state index in [0.29, 0.717) is 23.9 Å². The van der Waals surface area contributed by atoms with Crippen molar-refractivity contribution < 1.29 is 14.3 Å². The van der Waals surface area contributed by atoms with Crippen LogP contribution in [0.2, 0.25) is 5.02 Å². The van der Waals surface area contributed by atoms with E-state index >= 15 is 0 Å². The maximum absolute atomic E-state index is 11.8. The molecular formula is C15H15ClN2O3. The lowest BCUT2D eigenvalue weighted by Crippen LogP contribution is -2.13. The minimum Gasteiger partial charge on any atom is -0.493 e. The fraction of sp³-hybridized carbons (Fsp3) is 0.333. The topological polar surface area (TPSA) is 53.3 Å². The molecule has 21 heavy (non-hydrogen) atoms. The number of hydrogen-bond acceptors (Lipinski definition) is 4. The van der Waals surface area contributed by atoms with Gasteiger partial charge in [0.05, 0.1) is 26.5 Å². The minimum atomic E-state index is -0.407. The maximum Gasteiger partial charge on any atom is 0.356 e. The number of halogens is 1. The third kappa shape index (κ3) is 2.49. The van der Waals surface area contributed by atoms with Crippen molar-refractivity contribution in [3.8, 4) is 5.75 Å². The molecule has 0 saturated carbocycles. The highest BCUT2D eigenvalue weighted by atomic mass is 35.5. The van der Waals surface area contributed by atoms with Gasteiger partial charge in [0.2, 0.25) is 0 Å². The van der Waals surface area contributed by atoms with Gasteiger partial charge in [-0.05, 0) is 24.6 Å². The van der Waals surface area contributed by atoms with Crippen molar-refractivity contribution in [2.24, 2.45) is 0 Å². The zero-order chi connectivity index (χ0) is 15.0. The van der Waals surface area contributed by atoms with E-state index in [0.717, 1.165) is 29.1 Å². The summed E-state index contributed by atoms with van der Waals surface area (Å²) < 4.78 is 12.3. The van der Waals surface area contributed by atoms with Gasteiger partial charge in [0.25, 0.3) is 0 Å². The van der Waals surface area contributed by atoms with Crippen molar-refractivity contribution in [3.05, 3.63) is 46.0 Å². The van der Waals surface area contributed by atoms with Crippen LogP contribution in [0.4, 0.5) is 0 Å². The Labute approximate surface area is 127 Å². The van der Waals surface area contributed by atoms with Crippen LogP contribution in [0.5, 0.6) is 5.75 Å². The van der Waals surface area contributed by atoms with Crippen LogP contribution in [-0.4, -0.2) is 29.2 Å². The number of carbonyl (C=O) groups excluding carboxylic acids is 1. The largest absolute Gasteiger partial charge is 0.493 e. The SMILES string of the molecule is COC(=O)c1cnc(C)n1Cc1cc(Cl)cc2c1OCC2. The number of hydrogen-bond donors (Lipinski definition) is 0. The van der Waals surface area contributed by atoms with Crippen LogP contribution in [0.25, 0.3) is 0 Å². The Balaban J connectivity index is 2.02. The molecule has 6 heteroatoms. The number of rotatable bonds is 3. The van der Waals surface area contributed by atoms with Gasteiger partial charge < -0.3 is 14.0 Å². The van der Waals surface area contributed by atoms with E-state index in [1.165, 1.54) is 13.3 Å². The third-order valence-electron chi connectivity index (χ3n) is 3.60. The maximum atomic E-state index is 11.8. The molecular weight excluding hydrogens is 292 g/mol. The Morgan fingerprint density at radius 2 is 2.33 bits per heavy atom. The summed E-state index contributed by atoms with van der Waals surface area (Å²) in [5.41, 5.74) is 2.47. The van der Waals surface area contributed by atoms with Crippen molar-refractivity contribution >= 4 is 17.6 Å². The molecule has 0 atom stereocenters. The normalized spacial score (nSPS) is 12.9.